The molecule has 0 bridgehead atoms. The predicted octanol–water partition coefficient (Wildman–Crippen LogP) is 4.95. The van der Waals surface area contributed by atoms with Crippen molar-refractivity contribution in [3.63, 3.8) is 0 Å². The highest BCUT2D eigenvalue weighted by Crippen LogP contribution is 2.30. The second kappa shape index (κ2) is 9.98. The molecule has 0 heterocycles. The van der Waals surface area contributed by atoms with Gasteiger partial charge in [-0.2, -0.15) is 0 Å². The number of rotatable bonds is 5. The van der Waals surface area contributed by atoms with Gasteiger partial charge in [-0.3, -0.25) is 0 Å². The summed E-state index contributed by atoms with van der Waals surface area (Å²) in [4.78, 5) is 24.1. The van der Waals surface area contributed by atoms with Crippen molar-refractivity contribution < 1.29 is 19.1 Å². The Hall–Kier alpha value is 0.480. The van der Waals surface area contributed by atoms with Gasteiger partial charge in [0, 0.05) is 0 Å². The highest BCUT2D eigenvalue weighted by Gasteiger charge is 2.34. The van der Waals surface area contributed by atoms with Gasteiger partial charge in [0.25, 0.3) is 0 Å². The molecule has 1 saturated carbocycles. The van der Waals surface area contributed by atoms with Crippen LogP contribution >= 0.6 is 69.6 Å². The van der Waals surface area contributed by atoms with Crippen molar-refractivity contribution in [1.82, 2.24) is 5.32 Å². The molecule has 0 saturated heterocycles. The number of carbonyl (C=O) groups excluding carboxylic acids is 2. The second-order valence-corrected chi connectivity index (χ2v) is 10.5. The molecule has 0 aromatic heterocycles. The molecule has 0 radical (unpaired) electrons. The van der Waals surface area contributed by atoms with Crippen LogP contribution in [0.4, 0.5) is 4.79 Å². The lowest BCUT2D eigenvalue weighted by Gasteiger charge is -2.29. The molecule has 1 aliphatic rings. The van der Waals surface area contributed by atoms with Gasteiger partial charge in [0.1, 0.15) is 19.3 Å². The van der Waals surface area contributed by atoms with Crippen molar-refractivity contribution >= 4 is 81.7 Å². The monoisotopic (exact) mass is 461 g/mol. The van der Waals surface area contributed by atoms with Crippen molar-refractivity contribution in [1.29, 1.82) is 0 Å². The van der Waals surface area contributed by atoms with Crippen molar-refractivity contribution in [3.8, 4) is 0 Å². The Bertz CT molecular complexity index is 431. The number of alkyl halides is 6. The average molecular weight is 464 g/mol. The standard InChI is InChI=1S/C13H17Cl6NO4/c14-12(15,16)6-23-10(21)9(8-4-2-1-3-5-8)20-11(22)24-7-13(17,18)19/h8-9H,1-7H2,(H,20,22). The van der Waals surface area contributed by atoms with Crippen molar-refractivity contribution in [3.05, 3.63) is 0 Å². The maximum atomic E-state index is 12.3. The van der Waals surface area contributed by atoms with E-state index in [1.54, 1.807) is 0 Å². The molecule has 1 rings (SSSR count). The van der Waals surface area contributed by atoms with Crippen LogP contribution in [0.5, 0.6) is 0 Å². The molecule has 24 heavy (non-hydrogen) atoms. The van der Waals surface area contributed by atoms with Crippen molar-refractivity contribution in [2.24, 2.45) is 5.92 Å². The number of ether oxygens (including phenoxy) is 2. The largest absolute Gasteiger partial charge is 0.460 e. The smallest absolute Gasteiger partial charge is 0.408 e. The average Bonchev–Trinajstić information content (AvgIpc) is 2.47. The van der Waals surface area contributed by atoms with Crippen molar-refractivity contribution in [2.45, 2.75) is 45.7 Å². The first-order chi connectivity index (χ1) is 11.0. The minimum absolute atomic E-state index is 0.0954. The molecule has 0 aliphatic heterocycles. The molecule has 1 atom stereocenters. The SMILES string of the molecule is O=C(NC(C(=O)OCC(Cl)(Cl)Cl)C1CCCCC1)OCC(Cl)(Cl)Cl. The van der Waals surface area contributed by atoms with Gasteiger partial charge in [0.05, 0.1) is 0 Å². The molecule has 0 aromatic rings. The van der Waals surface area contributed by atoms with Gasteiger partial charge in [0.15, 0.2) is 0 Å². The third-order valence-corrected chi connectivity index (χ3v) is 4.05. The summed E-state index contributed by atoms with van der Waals surface area (Å²) >= 11 is 33.3. The molecule has 1 fully saturated rings. The molecule has 5 nitrogen and oxygen atoms in total. The Morgan fingerprint density at radius 1 is 0.917 bits per heavy atom. The Labute approximate surface area is 170 Å². The van der Waals surface area contributed by atoms with Gasteiger partial charge >= 0.3 is 12.1 Å². The molecule has 1 unspecified atom stereocenters. The normalized spacial score (nSPS) is 17.9. The van der Waals surface area contributed by atoms with Crippen LogP contribution in [-0.4, -0.2) is 38.9 Å². The first-order valence-electron chi connectivity index (χ1n) is 7.21. The predicted molar refractivity (Wildman–Crippen MR) is 96.4 cm³/mol. The highest BCUT2D eigenvalue weighted by atomic mass is 35.6. The summed E-state index contributed by atoms with van der Waals surface area (Å²) in [6, 6.07) is -0.916. The number of amides is 1. The van der Waals surface area contributed by atoms with Gasteiger partial charge in [-0.15, -0.1) is 0 Å². The Morgan fingerprint density at radius 2 is 1.42 bits per heavy atom. The lowest BCUT2D eigenvalue weighted by molar-refractivity contribution is -0.147. The van der Waals surface area contributed by atoms with Crippen LogP contribution in [0, 0.1) is 5.92 Å². The fraction of sp³-hybridized carbons (Fsp3) is 0.846. The van der Waals surface area contributed by atoms with E-state index in [2.05, 4.69) is 5.32 Å². The van der Waals surface area contributed by atoms with Crippen LogP contribution < -0.4 is 5.32 Å². The Kier molecular flexibility index (Phi) is 9.37. The third-order valence-electron chi connectivity index (χ3n) is 3.39. The van der Waals surface area contributed by atoms with Gasteiger partial charge in [-0.1, -0.05) is 88.9 Å². The maximum absolute atomic E-state index is 12.3. The number of hydrogen-bond donors (Lipinski definition) is 1. The molecule has 1 amide bonds. The highest BCUT2D eigenvalue weighted by molar-refractivity contribution is 6.68. The quantitative estimate of drug-likeness (QED) is 0.463. The van der Waals surface area contributed by atoms with E-state index in [9.17, 15) is 9.59 Å². The van der Waals surface area contributed by atoms with Crippen molar-refractivity contribution in [2.75, 3.05) is 13.2 Å². The summed E-state index contributed by atoms with van der Waals surface area (Å²) in [5, 5.41) is 2.45. The minimum atomic E-state index is -1.74. The van der Waals surface area contributed by atoms with E-state index in [4.69, 9.17) is 79.1 Å². The van der Waals surface area contributed by atoms with E-state index in [1.807, 2.05) is 0 Å². The zero-order valence-electron chi connectivity index (χ0n) is 12.5. The number of halogens is 6. The molecule has 1 aliphatic carbocycles. The lowest BCUT2D eigenvalue weighted by atomic mass is 9.84. The fourth-order valence-electron chi connectivity index (χ4n) is 2.40. The number of carbonyl (C=O) groups is 2. The van der Waals surface area contributed by atoms with E-state index in [0.717, 1.165) is 32.1 Å². The summed E-state index contributed by atoms with van der Waals surface area (Å²) in [5.41, 5.74) is 0. The van der Waals surface area contributed by atoms with E-state index in [0.29, 0.717) is 0 Å². The molecule has 0 aromatic carbocycles. The lowest BCUT2D eigenvalue weighted by Crippen LogP contribution is -2.48. The van der Waals surface area contributed by atoms with Gasteiger partial charge in [-0.05, 0) is 18.8 Å². The van der Waals surface area contributed by atoms with Crippen LogP contribution in [0.1, 0.15) is 32.1 Å². The third kappa shape index (κ3) is 9.83. The first kappa shape index (κ1) is 22.5. The van der Waals surface area contributed by atoms with Gasteiger partial charge in [-0.25, -0.2) is 9.59 Å². The Balaban J connectivity index is 2.66. The summed E-state index contributed by atoms with van der Waals surface area (Å²) < 4.78 is 6.30. The molecular formula is C13H17Cl6NO4. The summed E-state index contributed by atoms with van der Waals surface area (Å²) in [5.74, 6) is -0.791. The summed E-state index contributed by atoms with van der Waals surface area (Å²) in [6.07, 6.45) is 3.61. The van der Waals surface area contributed by atoms with Gasteiger partial charge in [0.2, 0.25) is 7.59 Å². The van der Waals surface area contributed by atoms with E-state index in [1.165, 1.54) is 0 Å². The maximum Gasteiger partial charge on any atom is 0.408 e. The van der Waals surface area contributed by atoms with Gasteiger partial charge < -0.3 is 14.8 Å². The number of hydrogen-bond acceptors (Lipinski definition) is 4. The zero-order valence-corrected chi connectivity index (χ0v) is 17.0. The summed E-state index contributed by atoms with van der Waals surface area (Å²) in [7, 11) is 0. The topological polar surface area (TPSA) is 64.6 Å². The summed E-state index contributed by atoms with van der Waals surface area (Å²) in [6.45, 7) is -0.880. The van der Waals surface area contributed by atoms with Crippen LogP contribution in [0.2, 0.25) is 0 Å². The molecule has 0 spiro atoms. The van der Waals surface area contributed by atoms with Crippen LogP contribution in [0.15, 0.2) is 0 Å². The Morgan fingerprint density at radius 3 is 1.92 bits per heavy atom. The number of esters is 1. The molecule has 11 heteroatoms. The minimum Gasteiger partial charge on any atom is -0.460 e. The van der Waals surface area contributed by atoms with Crippen LogP contribution in [0.25, 0.3) is 0 Å². The van der Waals surface area contributed by atoms with Crippen LogP contribution in [-0.2, 0) is 14.3 Å². The molecule has 1 N–H and O–H groups in total. The first-order valence-corrected chi connectivity index (χ1v) is 9.48. The zero-order chi connectivity index (χ0) is 18.4. The molecular weight excluding hydrogens is 447 g/mol. The van der Waals surface area contributed by atoms with E-state index in [-0.39, 0.29) is 5.92 Å². The molecule has 140 valence electrons. The van der Waals surface area contributed by atoms with E-state index < -0.39 is 38.9 Å². The number of alkyl carbamates (subject to hydrolysis) is 1. The van der Waals surface area contributed by atoms with E-state index >= 15 is 0 Å². The second-order valence-electron chi connectivity index (χ2n) is 5.43. The van der Waals surface area contributed by atoms with Crippen LogP contribution in [0.3, 0.4) is 0 Å². The number of nitrogens with one attached hydrogen (secondary N) is 1. The fourth-order valence-corrected chi connectivity index (χ4v) is 2.72.